The van der Waals surface area contributed by atoms with E-state index in [1.807, 2.05) is 0 Å². The highest BCUT2D eigenvalue weighted by atomic mass is 16.3. The molecule has 0 aliphatic carbocycles. The minimum atomic E-state index is -0.170. The first-order chi connectivity index (χ1) is 10.1. The van der Waals surface area contributed by atoms with Gasteiger partial charge < -0.3 is 15.5 Å². The molecule has 0 saturated heterocycles. The molecule has 0 atom stereocenters. The van der Waals surface area contributed by atoms with Gasteiger partial charge in [0, 0.05) is 24.3 Å². The molecule has 4 heteroatoms. The molecule has 0 fully saturated rings. The number of carbonyl (C=O) groups is 1. The zero-order valence-electron chi connectivity index (χ0n) is 12.6. The number of phenolic OH excluding ortho intramolecular Hbond substituents is 2. The van der Waals surface area contributed by atoms with E-state index in [-0.39, 0.29) is 17.4 Å². The molecule has 3 N–H and O–H groups in total. The van der Waals surface area contributed by atoms with Gasteiger partial charge in [0.2, 0.25) is 5.91 Å². The second-order valence-corrected chi connectivity index (χ2v) is 5.14. The monoisotopic (exact) mass is 291 g/mol. The normalized spacial score (nSPS) is 10.9. The van der Waals surface area contributed by atoms with Gasteiger partial charge in [0.05, 0.1) is 0 Å². The number of hydrogen-bond donors (Lipinski definition) is 3. The van der Waals surface area contributed by atoms with Crippen LogP contribution in [-0.2, 0) is 4.79 Å². The number of hydrogen-bond acceptors (Lipinski definition) is 3. The number of rotatable bonds is 9. The van der Waals surface area contributed by atoms with Gasteiger partial charge >= 0.3 is 0 Å². The molecule has 116 valence electrons. The van der Waals surface area contributed by atoms with Crippen LogP contribution in [0.15, 0.2) is 24.3 Å². The molecule has 1 aromatic carbocycles. The van der Waals surface area contributed by atoms with E-state index in [9.17, 15) is 15.0 Å². The summed E-state index contributed by atoms with van der Waals surface area (Å²) in [5.41, 5.74) is 0.502. The van der Waals surface area contributed by atoms with Crippen molar-refractivity contribution < 1.29 is 15.0 Å². The van der Waals surface area contributed by atoms with Crippen molar-refractivity contribution in [3.05, 3.63) is 29.8 Å². The maximum atomic E-state index is 11.6. The van der Waals surface area contributed by atoms with E-state index in [1.54, 1.807) is 6.07 Å². The fourth-order valence-corrected chi connectivity index (χ4v) is 2.01. The summed E-state index contributed by atoms with van der Waals surface area (Å²) in [7, 11) is 0. The summed E-state index contributed by atoms with van der Waals surface area (Å²) >= 11 is 0. The average Bonchev–Trinajstić information content (AvgIpc) is 2.45. The van der Waals surface area contributed by atoms with Crippen molar-refractivity contribution in [3.8, 4) is 11.5 Å². The van der Waals surface area contributed by atoms with Gasteiger partial charge in [0.15, 0.2) is 0 Å². The van der Waals surface area contributed by atoms with E-state index in [0.717, 1.165) is 12.8 Å². The Hall–Kier alpha value is -1.97. The fraction of sp³-hybridized carbons (Fsp3) is 0.471. The van der Waals surface area contributed by atoms with Crippen molar-refractivity contribution in [2.45, 2.75) is 45.4 Å². The van der Waals surface area contributed by atoms with Crippen LogP contribution in [0.4, 0.5) is 0 Å². The zero-order chi connectivity index (χ0) is 15.5. The Balaban J connectivity index is 2.22. The number of carbonyl (C=O) groups excluding carboxylic acids is 1. The molecule has 4 nitrogen and oxygen atoms in total. The van der Waals surface area contributed by atoms with Gasteiger partial charge in [0.1, 0.15) is 11.5 Å². The third-order valence-corrected chi connectivity index (χ3v) is 3.26. The molecule has 0 radical (unpaired) electrons. The van der Waals surface area contributed by atoms with Gasteiger partial charge in [-0.2, -0.15) is 0 Å². The third-order valence-electron chi connectivity index (χ3n) is 3.26. The zero-order valence-corrected chi connectivity index (χ0v) is 12.6. The van der Waals surface area contributed by atoms with E-state index in [4.69, 9.17) is 0 Å². The second-order valence-electron chi connectivity index (χ2n) is 5.14. The Bertz CT molecular complexity index is 469. The van der Waals surface area contributed by atoms with Crippen LogP contribution < -0.4 is 5.32 Å². The highest BCUT2D eigenvalue weighted by Gasteiger charge is 2.00. The van der Waals surface area contributed by atoms with Crippen LogP contribution in [-0.4, -0.2) is 22.7 Å². The van der Waals surface area contributed by atoms with Gasteiger partial charge in [0.25, 0.3) is 0 Å². The summed E-state index contributed by atoms with van der Waals surface area (Å²) in [5.74, 6) is -0.219. The Kier molecular flexibility index (Phi) is 8.02. The topological polar surface area (TPSA) is 69.6 Å². The SMILES string of the molecule is CCCCCCCCNC(=O)C=Cc1ccc(O)cc1O. The second kappa shape index (κ2) is 9.86. The molecule has 0 unspecified atom stereocenters. The fourth-order valence-electron chi connectivity index (χ4n) is 2.01. The van der Waals surface area contributed by atoms with Crippen molar-refractivity contribution in [3.63, 3.8) is 0 Å². The minimum Gasteiger partial charge on any atom is -0.508 e. The van der Waals surface area contributed by atoms with Gasteiger partial charge in [-0.3, -0.25) is 4.79 Å². The molecule has 0 heterocycles. The predicted octanol–water partition coefficient (Wildman–Crippen LogP) is 3.59. The quantitative estimate of drug-likeness (QED) is 0.481. The molecule has 21 heavy (non-hydrogen) atoms. The van der Waals surface area contributed by atoms with E-state index in [1.165, 1.54) is 50.0 Å². The van der Waals surface area contributed by atoms with Crippen LogP contribution in [0.1, 0.15) is 51.0 Å². The molecular formula is C17H25NO3. The van der Waals surface area contributed by atoms with Crippen LogP contribution in [0.3, 0.4) is 0 Å². The number of benzene rings is 1. The van der Waals surface area contributed by atoms with Crippen LogP contribution in [0.25, 0.3) is 6.08 Å². The number of amides is 1. The molecule has 0 saturated carbocycles. The van der Waals surface area contributed by atoms with Crippen LogP contribution in [0, 0.1) is 0 Å². The third kappa shape index (κ3) is 7.40. The molecule has 0 aromatic heterocycles. The summed E-state index contributed by atoms with van der Waals surface area (Å²) in [6.07, 6.45) is 10.1. The first kappa shape index (κ1) is 17.1. The molecule has 1 amide bonds. The average molecular weight is 291 g/mol. The van der Waals surface area contributed by atoms with Gasteiger partial charge in [-0.05, 0) is 24.6 Å². The molecule has 1 rings (SSSR count). The maximum Gasteiger partial charge on any atom is 0.244 e. The summed E-state index contributed by atoms with van der Waals surface area (Å²) in [5, 5.41) is 21.6. The summed E-state index contributed by atoms with van der Waals surface area (Å²) in [4.78, 5) is 11.6. The standard InChI is InChI=1S/C17H25NO3/c1-2-3-4-5-6-7-12-18-17(21)11-9-14-8-10-15(19)13-16(14)20/h8-11,13,19-20H,2-7,12H2,1H3,(H,18,21). The lowest BCUT2D eigenvalue weighted by Crippen LogP contribution is -2.21. The lowest BCUT2D eigenvalue weighted by atomic mass is 10.1. The minimum absolute atomic E-state index is 0.00262. The van der Waals surface area contributed by atoms with Crippen molar-refractivity contribution in [2.24, 2.45) is 0 Å². The Morgan fingerprint density at radius 2 is 1.86 bits per heavy atom. The lowest BCUT2D eigenvalue weighted by Gasteiger charge is -2.03. The molecule has 0 bridgehead atoms. The Morgan fingerprint density at radius 3 is 2.57 bits per heavy atom. The Morgan fingerprint density at radius 1 is 1.14 bits per heavy atom. The summed E-state index contributed by atoms with van der Waals surface area (Å²) < 4.78 is 0. The first-order valence-corrected chi connectivity index (χ1v) is 7.61. The highest BCUT2D eigenvalue weighted by molar-refractivity contribution is 5.92. The molecule has 0 aliphatic rings. The van der Waals surface area contributed by atoms with Crippen LogP contribution in [0.5, 0.6) is 11.5 Å². The molecule has 0 aliphatic heterocycles. The van der Waals surface area contributed by atoms with Gasteiger partial charge in [-0.15, -0.1) is 0 Å². The van der Waals surface area contributed by atoms with Crippen LogP contribution in [0.2, 0.25) is 0 Å². The summed E-state index contributed by atoms with van der Waals surface area (Å²) in [6.45, 7) is 2.87. The first-order valence-electron chi connectivity index (χ1n) is 7.61. The number of aromatic hydroxyl groups is 2. The lowest BCUT2D eigenvalue weighted by molar-refractivity contribution is -0.116. The molecule has 1 aromatic rings. The van der Waals surface area contributed by atoms with Crippen molar-refractivity contribution in [2.75, 3.05) is 6.54 Å². The number of phenols is 2. The number of unbranched alkanes of at least 4 members (excludes halogenated alkanes) is 5. The van der Waals surface area contributed by atoms with E-state index < -0.39 is 0 Å². The predicted molar refractivity (Wildman–Crippen MR) is 85.2 cm³/mol. The van der Waals surface area contributed by atoms with Crippen molar-refractivity contribution in [1.82, 2.24) is 5.32 Å². The molecular weight excluding hydrogens is 266 g/mol. The van der Waals surface area contributed by atoms with Crippen molar-refractivity contribution in [1.29, 1.82) is 0 Å². The smallest absolute Gasteiger partial charge is 0.244 e. The van der Waals surface area contributed by atoms with E-state index >= 15 is 0 Å². The molecule has 0 spiro atoms. The Labute approximate surface area is 126 Å². The number of nitrogens with one attached hydrogen (secondary N) is 1. The maximum absolute atomic E-state index is 11.6. The van der Waals surface area contributed by atoms with Gasteiger partial charge in [-0.1, -0.05) is 39.0 Å². The summed E-state index contributed by atoms with van der Waals surface area (Å²) in [6, 6.07) is 4.27. The van der Waals surface area contributed by atoms with Crippen molar-refractivity contribution >= 4 is 12.0 Å². The highest BCUT2D eigenvalue weighted by Crippen LogP contribution is 2.23. The van der Waals surface area contributed by atoms with Gasteiger partial charge in [-0.25, -0.2) is 0 Å². The largest absolute Gasteiger partial charge is 0.508 e. The van der Waals surface area contributed by atoms with E-state index in [2.05, 4.69) is 12.2 Å². The van der Waals surface area contributed by atoms with Crippen LogP contribution >= 0.6 is 0 Å². The van der Waals surface area contributed by atoms with E-state index in [0.29, 0.717) is 12.1 Å².